The van der Waals surface area contributed by atoms with Crippen LogP contribution in [0, 0.1) is 0 Å². The molecule has 0 aromatic carbocycles. The van der Waals surface area contributed by atoms with E-state index in [1.165, 1.54) is 12.8 Å². The first kappa shape index (κ1) is 12.3. The molecule has 0 amide bonds. The largest absolute Gasteiger partial charge is 0.393 e. The predicted octanol–water partition coefficient (Wildman–Crippen LogP) is 1.84. The van der Waals surface area contributed by atoms with E-state index in [2.05, 4.69) is 12.2 Å². The molecule has 1 saturated carbocycles. The Morgan fingerprint density at radius 2 is 2.00 bits per heavy atom. The van der Waals surface area contributed by atoms with Gasteiger partial charge in [-0.1, -0.05) is 6.92 Å². The highest BCUT2D eigenvalue weighted by Gasteiger charge is 2.26. The first-order valence-electron chi connectivity index (χ1n) is 6.83. The van der Waals surface area contributed by atoms with Gasteiger partial charge in [-0.25, -0.2) is 0 Å². The van der Waals surface area contributed by atoms with Crippen LogP contribution in [0.2, 0.25) is 0 Å². The van der Waals surface area contributed by atoms with E-state index in [4.69, 9.17) is 4.74 Å². The first-order valence-corrected chi connectivity index (χ1v) is 6.83. The maximum Gasteiger partial charge on any atom is 0.0587 e. The van der Waals surface area contributed by atoms with Crippen molar-refractivity contribution in [1.82, 2.24) is 5.32 Å². The predicted molar refractivity (Wildman–Crippen MR) is 64.5 cm³/mol. The lowest BCUT2D eigenvalue weighted by Crippen LogP contribution is -2.46. The number of hydrogen-bond donors (Lipinski definition) is 2. The first-order chi connectivity index (χ1) is 7.78. The van der Waals surface area contributed by atoms with Crippen LogP contribution in [0.25, 0.3) is 0 Å². The summed E-state index contributed by atoms with van der Waals surface area (Å²) in [6.45, 7) is 3.09. The average molecular weight is 227 g/mol. The molecule has 3 nitrogen and oxygen atoms in total. The lowest BCUT2D eigenvalue weighted by atomic mass is 9.91. The van der Waals surface area contributed by atoms with E-state index in [1.807, 2.05) is 0 Å². The molecule has 1 aliphatic heterocycles. The van der Waals surface area contributed by atoms with Crippen molar-refractivity contribution in [3.63, 3.8) is 0 Å². The molecule has 16 heavy (non-hydrogen) atoms. The maximum absolute atomic E-state index is 9.64. The van der Waals surface area contributed by atoms with E-state index in [1.54, 1.807) is 0 Å². The summed E-state index contributed by atoms with van der Waals surface area (Å²) in [5.74, 6) is 0. The van der Waals surface area contributed by atoms with Gasteiger partial charge in [0.25, 0.3) is 0 Å². The van der Waals surface area contributed by atoms with Crippen molar-refractivity contribution < 1.29 is 9.84 Å². The number of nitrogens with one attached hydrogen (secondary N) is 1. The van der Waals surface area contributed by atoms with Gasteiger partial charge in [0.1, 0.15) is 0 Å². The lowest BCUT2D eigenvalue weighted by molar-refractivity contribution is -0.00465. The molecule has 1 aliphatic carbocycles. The standard InChI is InChI=1S/C13H25NO2/c1-2-13-9-11(6-7-16-13)14-10-4-3-5-12(15)8-10/h10-15H,2-9H2,1H3. The monoisotopic (exact) mass is 227 g/mol. The Morgan fingerprint density at radius 1 is 1.19 bits per heavy atom. The summed E-state index contributed by atoms with van der Waals surface area (Å²) in [6, 6.07) is 1.14. The number of rotatable bonds is 3. The van der Waals surface area contributed by atoms with Gasteiger partial charge < -0.3 is 15.2 Å². The van der Waals surface area contributed by atoms with Gasteiger partial charge in [0.15, 0.2) is 0 Å². The van der Waals surface area contributed by atoms with Crippen molar-refractivity contribution in [3.8, 4) is 0 Å². The van der Waals surface area contributed by atoms with Gasteiger partial charge in [-0.15, -0.1) is 0 Å². The van der Waals surface area contributed by atoms with Crippen molar-refractivity contribution in [3.05, 3.63) is 0 Å². The van der Waals surface area contributed by atoms with Crippen molar-refractivity contribution in [2.45, 2.75) is 76.2 Å². The van der Waals surface area contributed by atoms with Crippen LogP contribution in [-0.2, 0) is 4.74 Å². The van der Waals surface area contributed by atoms with Gasteiger partial charge in [-0.2, -0.15) is 0 Å². The van der Waals surface area contributed by atoms with E-state index in [0.717, 1.165) is 38.7 Å². The fourth-order valence-corrected chi connectivity index (χ4v) is 2.96. The molecule has 2 N–H and O–H groups in total. The van der Waals surface area contributed by atoms with Crippen LogP contribution < -0.4 is 5.32 Å². The second-order valence-corrected chi connectivity index (χ2v) is 5.31. The van der Waals surface area contributed by atoms with Crippen LogP contribution in [0.4, 0.5) is 0 Å². The van der Waals surface area contributed by atoms with E-state index in [9.17, 15) is 5.11 Å². The molecule has 3 heteroatoms. The summed E-state index contributed by atoms with van der Waals surface area (Å²) in [5, 5.41) is 13.4. The normalized spacial score (nSPS) is 40.9. The molecule has 1 heterocycles. The molecule has 0 spiro atoms. The fraction of sp³-hybridized carbons (Fsp3) is 1.00. The van der Waals surface area contributed by atoms with Crippen molar-refractivity contribution >= 4 is 0 Å². The minimum Gasteiger partial charge on any atom is -0.393 e. The Bertz CT molecular complexity index is 210. The summed E-state index contributed by atoms with van der Waals surface area (Å²) < 4.78 is 5.68. The molecule has 4 atom stereocenters. The third-order valence-electron chi connectivity index (χ3n) is 3.94. The quantitative estimate of drug-likeness (QED) is 0.773. The van der Waals surface area contributed by atoms with Crippen LogP contribution in [0.3, 0.4) is 0 Å². The Hall–Kier alpha value is -0.120. The van der Waals surface area contributed by atoms with Crippen LogP contribution in [0.1, 0.15) is 51.9 Å². The van der Waals surface area contributed by atoms with E-state index in [0.29, 0.717) is 18.2 Å². The Kier molecular flexibility index (Phi) is 4.62. The van der Waals surface area contributed by atoms with E-state index >= 15 is 0 Å². The zero-order valence-electron chi connectivity index (χ0n) is 10.3. The molecule has 0 radical (unpaired) electrons. The summed E-state index contributed by atoms with van der Waals surface area (Å²) in [7, 11) is 0. The highest BCUT2D eigenvalue weighted by molar-refractivity contribution is 4.83. The van der Waals surface area contributed by atoms with Gasteiger partial charge in [0.2, 0.25) is 0 Å². The Balaban J connectivity index is 1.75. The smallest absolute Gasteiger partial charge is 0.0587 e. The zero-order chi connectivity index (χ0) is 11.4. The molecule has 1 saturated heterocycles. The Morgan fingerprint density at radius 3 is 2.75 bits per heavy atom. The summed E-state index contributed by atoms with van der Waals surface area (Å²) in [5.41, 5.74) is 0. The molecule has 0 aromatic rings. The number of aliphatic hydroxyl groups excluding tert-OH is 1. The van der Waals surface area contributed by atoms with Crippen molar-refractivity contribution in [2.24, 2.45) is 0 Å². The van der Waals surface area contributed by atoms with Crippen LogP contribution in [0.5, 0.6) is 0 Å². The number of ether oxygens (including phenoxy) is 1. The highest BCUT2D eigenvalue weighted by Crippen LogP contribution is 2.22. The van der Waals surface area contributed by atoms with Crippen molar-refractivity contribution in [1.29, 1.82) is 0 Å². The third kappa shape index (κ3) is 3.44. The second-order valence-electron chi connectivity index (χ2n) is 5.31. The Labute approximate surface area is 98.6 Å². The van der Waals surface area contributed by atoms with Crippen molar-refractivity contribution in [2.75, 3.05) is 6.61 Å². The van der Waals surface area contributed by atoms with Crippen LogP contribution >= 0.6 is 0 Å². The second kappa shape index (κ2) is 5.99. The topological polar surface area (TPSA) is 41.5 Å². The third-order valence-corrected chi connectivity index (χ3v) is 3.94. The molecule has 2 fully saturated rings. The molecular weight excluding hydrogens is 202 g/mol. The lowest BCUT2D eigenvalue weighted by Gasteiger charge is -2.35. The molecule has 94 valence electrons. The molecule has 2 aliphatic rings. The number of hydrogen-bond acceptors (Lipinski definition) is 3. The molecule has 4 unspecified atom stereocenters. The average Bonchev–Trinajstić information content (AvgIpc) is 2.29. The summed E-state index contributed by atoms with van der Waals surface area (Å²) >= 11 is 0. The van der Waals surface area contributed by atoms with Gasteiger partial charge in [-0.05, 0) is 44.9 Å². The molecule has 0 bridgehead atoms. The summed E-state index contributed by atoms with van der Waals surface area (Å²) in [6.07, 6.45) is 8.08. The fourth-order valence-electron chi connectivity index (χ4n) is 2.96. The van der Waals surface area contributed by atoms with E-state index in [-0.39, 0.29) is 6.10 Å². The summed E-state index contributed by atoms with van der Waals surface area (Å²) in [4.78, 5) is 0. The number of aliphatic hydroxyl groups is 1. The van der Waals surface area contributed by atoms with Crippen LogP contribution in [-0.4, -0.2) is 36.0 Å². The zero-order valence-corrected chi connectivity index (χ0v) is 10.3. The van der Waals surface area contributed by atoms with Crippen LogP contribution in [0.15, 0.2) is 0 Å². The molecular formula is C13H25NO2. The van der Waals surface area contributed by atoms with Gasteiger partial charge in [0, 0.05) is 18.7 Å². The van der Waals surface area contributed by atoms with Gasteiger partial charge >= 0.3 is 0 Å². The maximum atomic E-state index is 9.64. The van der Waals surface area contributed by atoms with Gasteiger partial charge in [-0.3, -0.25) is 0 Å². The van der Waals surface area contributed by atoms with E-state index < -0.39 is 0 Å². The minimum absolute atomic E-state index is 0.0759. The molecule has 2 rings (SSSR count). The SMILES string of the molecule is CCC1CC(NC2CCCC(O)C2)CCO1. The minimum atomic E-state index is -0.0759. The van der Waals surface area contributed by atoms with Gasteiger partial charge in [0.05, 0.1) is 12.2 Å². The molecule has 0 aromatic heterocycles. The highest BCUT2D eigenvalue weighted by atomic mass is 16.5.